The van der Waals surface area contributed by atoms with Crippen molar-refractivity contribution in [3.8, 4) is 29.0 Å². The lowest BCUT2D eigenvalue weighted by atomic mass is 10.1. The lowest BCUT2D eigenvalue weighted by molar-refractivity contribution is 0.355. The van der Waals surface area contributed by atoms with E-state index < -0.39 is 0 Å². The first-order valence-corrected chi connectivity index (χ1v) is 8.11. The van der Waals surface area contributed by atoms with Crippen LogP contribution in [0, 0.1) is 11.3 Å². The van der Waals surface area contributed by atoms with Gasteiger partial charge in [0.1, 0.15) is 6.07 Å². The molecular weight excluding hydrogens is 330 g/mol. The van der Waals surface area contributed by atoms with Gasteiger partial charge in [-0.2, -0.15) is 10.2 Å². The van der Waals surface area contributed by atoms with Gasteiger partial charge in [-0.15, -0.1) is 0 Å². The van der Waals surface area contributed by atoms with Crippen LogP contribution in [0.25, 0.3) is 11.5 Å². The van der Waals surface area contributed by atoms with Gasteiger partial charge in [0.05, 0.1) is 20.3 Å². The summed E-state index contributed by atoms with van der Waals surface area (Å²) in [6.45, 7) is 2.00. The van der Waals surface area contributed by atoms with Gasteiger partial charge in [-0.05, 0) is 30.7 Å². The molecule has 0 spiro atoms. The quantitative estimate of drug-likeness (QED) is 0.710. The highest BCUT2D eigenvalue weighted by molar-refractivity contribution is 5.63. The summed E-state index contributed by atoms with van der Waals surface area (Å²) in [6.07, 6.45) is 0. The van der Waals surface area contributed by atoms with Gasteiger partial charge in [0, 0.05) is 5.56 Å². The molecule has 0 radical (unpaired) electrons. The molecule has 26 heavy (non-hydrogen) atoms. The van der Waals surface area contributed by atoms with Gasteiger partial charge in [0.2, 0.25) is 17.5 Å². The molecule has 1 atom stereocenters. The van der Waals surface area contributed by atoms with Crippen molar-refractivity contribution in [2.75, 3.05) is 19.5 Å². The number of anilines is 1. The van der Waals surface area contributed by atoms with Crippen molar-refractivity contribution >= 4 is 5.88 Å². The minimum atomic E-state index is -0.0329. The summed E-state index contributed by atoms with van der Waals surface area (Å²) in [4.78, 5) is 4.29. The van der Waals surface area contributed by atoms with Crippen molar-refractivity contribution in [3.63, 3.8) is 0 Å². The molecule has 132 valence electrons. The molecule has 1 heterocycles. The van der Waals surface area contributed by atoms with E-state index in [2.05, 4.69) is 16.4 Å². The highest BCUT2D eigenvalue weighted by Crippen LogP contribution is 2.34. The first kappa shape index (κ1) is 17.4. The van der Waals surface area contributed by atoms with Crippen LogP contribution in [-0.4, -0.2) is 19.2 Å². The molecule has 0 unspecified atom stereocenters. The van der Waals surface area contributed by atoms with E-state index in [0.717, 1.165) is 5.56 Å². The van der Waals surface area contributed by atoms with Gasteiger partial charge in [-0.3, -0.25) is 0 Å². The molecule has 0 fully saturated rings. The van der Waals surface area contributed by atoms with Crippen molar-refractivity contribution in [2.24, 2.45) is 0 Å². The van der Waals surface area contributed by atoms with Crippen LogP contribution in [0.3, 0.4) is 0 Å². The van der Waals surface area contributed by atoms with Gasteiger partial charge in [0.25, 0.3) is 0 Å². The lowest BCUT2D eigenvalue weighted by Crippen LogP contribution is -2.06. The maximum Gasteiger partial charge on any atom is 0.233 e. The number of nitrogens with one attached hydrogen (secondary N) is 1. The van der Waals surface area contributed by atoms with E-state index in [0.29, 0.717) is 28.8 Å². The molecule has 3 rings (SSSR count). The van der Waals surface area contributed by atoms with E-state index in [9.17, 15) is 5.26 Å². The first-order chi connectivity index (χ1) is 12.7. The molecule has 3 aromatic rings. The predicted molar refractivity (Wildman–Crippen MR) is 98.2 cm³/mol. The van der Waals surface area contributed by atoms with Crippen LogP contribution in [0.4, 0.5) is 5.88 Å². The Kier molecular flexibility index (Phi) is 5.09. The zero-order valence-electron chi connectivity index (χ0n) is 14.8. The zero-order valence-corrected chi connectivity index (χ0v) is 14.8. The fourth-order valence-electron chi connectivity index (χ4n) is 2.61. The molecular formula is C20H19N3O3. The number of ether oxygens (including phenoxy) is 2. The third-order valence-electron chi connectivity index (χ3n) is 4.01. The average molecular weight is 349 g/mol. The van der Waals surface area contributed by atoms with E-state index in [1.165, 1.54) is 0 Å². The van der Waals surface area contributed by atoms with Gasteiger partial charge in [-0.25, -0.2) is 0 Å². The largest absolute Gasteiger partial charge is 0.493 e. The number of benzene rings is 2. The minimum Gasteiger partial charge on any atom is -0.493 e. The zero-order chi connectivity index (χ0) is 18.5. The fraction of sp³-hybridized carbons (Fsp3) is 0.200. The standard InChI is InChI=1S/C20H19N3O3/c1-13(14-7-5-4-6-8-14)22-20-16(12-21)23-19(26-20)15-9-10-17(24-2)18(11-15)25-3/h4-11,13,22H,1-3H3/t13-/m1/s1. The number of hydrogen-bond acceptors (Lipinski definition) is 6. The predicted octanol–water partition coefficient (Wildman–Crippen LogP) is 4.40. The summed E-state index contributed by atoms with van der Waals surface area (Å²) in [5.74, 6) is 1.85. The Labute approximate surface area is 152 Å². The highest BCUT2D eigenvalue weighted by atomic mass is 16.5. The van der Waals surface area contributed by atoms with E-state index in [4.69, 9.17) is 13.9 Å². The van der Waals surface area contributed by atoms with Crippen LogP contribution in [0.15, 0.2) is 52.9 Å². The Morgan fingerprint density at radius 3 is 2.46 bits per heavy atom. The summed E-state index contributed by atoms with van der Waals surface area (Å²) < 4.78 is 16.4. The topological polar surface area (TPSA) is 80.3 Å². The Hall–Kier alpha value is -3.46. The maximum absolute atomic E-state index is 9.39. The highest BCUT2D eigenvalue weighted by Gasteiger charge is 2.18. The van der Waals surface area contributed by atoms with E-state index in [1.807, 2.05) is 37.3 Å². The maximum atomic E-state index is 9.39. The molecule has 6 heteroatoms. The second kappa shape index (κ2) is 7.62. The molecule has 0 aliphatic carbocycles. The number of hydrogen-bond donors (Lipinski definition) is 1. The van der Waals surface area contributed by atoms with Crippen LogP contribution < -0.4 is 14.8 Å². The molecule has 0 amide bonds. The molecule has 0 saturated heterocycles. The molecule has 0 bridgehead atoms. The minimum absolute atomic E-state index is 0.0329. The molecule has 0 aliphatic heterocycles. The Morgan fingerprint density at radius 2 is 1.81 bits per heavy atom. The number of oxazole rings is 1. The van der Waals surface area contributed by atoms with Crippen molar-refractivity contribution in [2.45, 2.75) is 13.0 Å². The fourth-order valence-corrected chi connectivity index (χ4v) is 2.61. The second-order valence-electron chi connectivity index (χ2n) is 5.66. The monoisotopic (exact) mass is 349 g/mol. The summed E-state index contributed by atoms with van der Waals surface area (Å²) in [6, 6.07) is 17.3. The van der Waals surface area contributed by atoms with E-state index in [-0.39, 0.29) is 11.7 Å². The van der Waals surface area contributed by atoms with Crippen LogP contribution in [-0.2, 0) is 0 Å². The number of methoxy groups -OCH3 is 2. The van der Waals surface area contributed by atoms with Crippen LogP contribution in [0.2, 0.25) is 0 Å². The number of nitriles is 1. The number of aromatic nitrogens is 1. The van der Waals surface area contributed by atoms with Gasteiger partial charge in [0.15, 0.2) is 11.5 Å². The summed E-state index contributed by atoms with van der Waals surface area (Å²) in [5.41, 5.74) is 1.98. The second-order valence-corrected chi connectivity index (χ2v) is 5.66. The summed E-state index contributed by atoms with van der Waals surface area (Å²) in [7, 11) is 3.13. The van der Waals surface area contributed by atoms with E-state index in [1.54, 1.807) is 32.4 Å². The molecule has 1 N–H and O–H groups in total. The molecule has 2 aromatic carbocycles. The van der Waals surface area contributed by atoms with Gasteiger partial charge in [-0.1, -0.05) is 30.3 Å². The van der Waals surface area contributed by atoms with Crippen molar-refractivity contribution in [1.29, 1.82) is 5.26 Å². The molecule has 0 saturated carbocycles. The number of nitrogens with zero attached hydrogens (tertiary/aromatic N) is 2. The Bertz CT molecular complexity index is 929. The van der Waals surface area contributed by atoms with Crippen molar-refractivity contribution in [3.05, 3.63) is 59.8 Å². The third kappa shape index (κ3) is 3.47. The third-order valence-corrected chi connectivity index (χ3v) is 4.01. The van der Waals surface area contributed by atoms with Crippen molar-refractivity contribution in [1.82, 2.24) is 4.98 Å². The van der Waals surface area contributed by atoms with Gasteiger partial charge < -0.3 is 19.2 Å². The first-order valence-electron chi connectivity index (χ1n) is 8.11. The van der Waals surface area contributed by atoms with Gasteiger partial charge >= 0.3 is 0 Å². The smallest absolute Gasteiger partial charge is 0.233 e. The SMILES string of the molecule is COc1ccc(-c2nc(C#N)c(N[C@H](C)c3ccccc3)o2)cc1OC. The normalized spacial score (nSPS) is 11.5. The summed E-state index contributed by atoms with van der Waals surface area (Å²) in [5, 5.41) is 12.6. The summed E-state index contributed by atoms with van der Waals surface area (Å²) >= 11 is 0. The molecule has 1 aromatic heterocycles. The number of rotatable bonds is 6. The van der Waals surface area contributed by atoms with Crippen molar-refractivity contribution < 1.29 is 13.9 Å². The van der Waals surface area contributed by atoms with E-state index >= 15 is 0 Å². The van der Waals surface area contributed by atoms with Crippen LogP contribution in [0.5, 0.6) is 11.5 Å². The van der Waals surface area contributed by atoms with Crippen LogP contribution in [0.1, 0.15) is 24.2 Å². The Balaban J connectivity index is 1.91. The average Bonchev–Trinajstić information content (AvgIpc) is 3.10. The Morgan fingerprint density at radius 1 is 1.08 bits per heavy atom. The van der Waals surface area contributed by atoms with Crippen LogP contribution >= 0.6 is 0 Å². The lowest BCUT2D eigenvalue weighted by Gasteiger charge is -2.13. The molecule has 0 aliphatic rings. The molecule has 6 nitrogen and oxygen atoms in total.